The van der Waals surface area contributed by atoms with Crippen LogP contribution in [0.4, 0.5) is 14.5 Å². The summed E-state index contributed by atoms with van der Waals surface area (Å²) in [4.78, 5) is 24.8. The van der Waals surface area contributed by atoms with E-state index in [1.807, 2.05) is 31.2 Å². The number of anilines is 1. The van der Waals surface area contributed by atoms with E-state index in [0.29, 0.717) is 22.9 Å². The summed E-state index contributed by atoms with van der Waals surface area (Å²) in [6, 6.07) is 14.3. The lowest BCUT2D eigenvalue weighted by atomic mass is 10.1. The van der Waals surface area contributed by atoms with Gasteiger partial charge in [-0.1, -0.05) is 41.6 Å². The monoisotopic (exact) mass is 467 g/mol. The second-order valence-corrected chi connectivity index (χ2v) is 8.21. The van der Waals surface area contributed by atoms with Crippen molar-refractivity contribution in [2.24, 2.45) is 0 Å². The number of hydrogen-bond donors (Lipinski definition) is 2. The molecule has 4 aromatic rings. The van der Waals surface area contributed by atoms with Crippen LogP contribution in [0, 0.1) is 18.6 Å². The highest BCUT2D eigenvalue weighted by Crippen LogP contribution is 2.19. The lowest BCUT2D eigenvalue weighted by Crippen LogP contribution is -2.23. The Kier molecular flexibility index (Phi) is 6.64. The number of fused-ring (bicyclic) bond motifs is 1. The smallest absolute Gasteiger partial charge is 0.253 e. The summed E-state index contributed by atoms with van der Waals surface area (Å²) in [5, 5.41) is 13.9. The van der Waals surface area contributed by atoms with Crippen LogP contribution in [0.3, 0.4) is 0 Å². The Hall–Kier alpha value is -3.79. The molecule has 0 bridgehead atoms. The molecule has 4 rings (SSSR count). The number of rotatable bonds is 7. The maximum atomic E-state index is 13.3. The summed E-state index contributed by atoms with van der Waals surface area (Å²) < 4.78 is 27.9. The number of nitrogens with one attached hydrogen (secondary N) is 2. The van der Waals surface area contributed by atoms with Gasteiger partial charge in [-0.15, -0.1) is 10.2 Å². The van der Waals surface area contributed by atoms with Gasteiger partial charge in [0.25, 0.3) is 5.91 Å². The molecule has 168 valence electrons. The van der Waals surface area contributed by atoms with Crippen LogP contribution < -0.4 is 10.6 Å². The Labute approximate surface area is 192 Å². The molecule has 0 radical (unpaired) electrons. The molecule has 2 aromatic heterocycles. The number of hydrogen-bond acceptors (Lipinski definition) is 5. The number of benzene rings is 2. The molecule has 0 aliphatic heterocycles. The topological polar surface area (TPSA) is 88.4 Å². The van der Waals surface area contributed by atoms with Gasteiger partial charge in [0.1, 0.15) is 0 Å². The van der Waals surface area contributed by atoms with Crippen molar-refractivity contribution in [3.05, 3.63) is 89.1 Å². The fourth-order valence-corrected chi connectivity index (χ4v) is 3.71. The van der Waals surface area contributed by atoms with Crippen molar-refractivity contribution in [3.63, 3.8) is 0 Å². The average molecular weight is 468 g/mol. The van der Waals surface area contributed by atoms with Crippen LogP contribution in [0.15, 0.2) is 66.0 Å². The van der Waals surface area contributed by atoms with Gasteiger partial charge in [0.2, 0.25) is 5.91 Å². The molecule has 33 heavy (non-hydrogen) atoms. The summed E-state index contributed by atoms with van der Waals surface area (Å²) in [5.74, 6) is -2.75. The van der Waals surface area contributed by atoms with E-state index in [4.69, 9.17) is 0 Å². The highest BCUT2D eigenvalue weighted by Gasteiger charge is 2.13. The molecule has 0 spiro atoms. The third kappa shape index (κ3) is 5.53. The summed E-state index contributed by atoms with van der Waals surface area (Å²) in [6.07, 6.45) is 1.61. The first-order chi connectivity index (χ1) is 15.9. The first kappa shape index (κ1) is 22.4. The first-order valence-electron chi connectivity index (χ1n) is 9.95. The molecular weight excluding hydrogens is 448 g/mol. The van der Waals surface area contributed by atoms with E-state index < -0.39 is 17.5 Å². The molecule has 0 saturated heterocycles. The molecule has 2 heterocycles. The van der Waals surface area contributed by atoms with Crippen molar-refractivity contribution in [1.29, 1.82) is 0 Å². The van der Waals surface area contributed by atoms with Gasteiger partial charge in [0, 0.05) is 24.5 Å². The molecule has 7 nitrogen and oxygen atoms in total. The molecule has 0 unspecified atom stereocenters. The molecule has 0 saturated carbocycles. The standard InChI is InChI=1S/C23H19F2N5O2S/c1-14-2-4-15(5-3-14)11-26-22(32)16-6-9-20-28-29-23(30(20)12-16)33-13-21(31)27-17-7-8-18(24)19(25)10-17/h2-10,12H,11,13H2,1H3,(H,26,32)(H,27,31). The van der Waals surface area contributed by atoms with E-state index in [9.17, 15) is 18.4 Å². The number of aromatic nitrogens is 3. The number of carbonyl (C=O) groups excluding carboxylic acids is 2. The van der Waals surface area contributed by atoms with Gasteiger partial charge in [-0.2, -0.15) is 0 Å². The van der Waals surface area contributed by atoms with E-state index >= 15 is 0 Å². The Morgan fingerprint density at radius 1 is 1.00 bits per heavy atom. The normalized spacial score (nSPS) is 10.9. The predicted octanol–water partition coefficient (Wildman–Crippen LogP) is 3.98. The maximum Gasteiger partial charge on any atom is 0.253 e. The number of nitrogens with zero attached hydrogens (tertiary/aromatic N) is 3. The van der Waals surface area contributed by atoms with Crippen molar-refractivity contribution >= 4 is 34.9 Å². The first-order valence-corrected chi connectivity index (χ1v) is 10.9. The molecule has 2 aromatic carbocycles. The highest BCUT2D eigenvalue weighted by atomic mass is 32.2. The van der Waals surface area contributed by atoms with Crippen LogP contribution >= 0.6 is 11.8 Å². The number of carbonyl (C=O) groups is 2. The van der Waals surface area contributed by atoms with Gasteiger partial charge in [-0.05, 0) is 36.8 Å². The van der Waals surface area contributed by atoms with Gasteiger partial charge < -0.3 is 10.6 Å². The zero-order valence-corrected chi connectivity index (χ0v) is 18.3. The number of thioether (sulfide) groups is 1. The SMILES string of the molecule is Cc1ccc(CNC(=O)c2ccc3nnc(SCC(=O)Nc4ccc(F)c(F)c4)n3c2)cc1. The fraction of sp³-hybridized carbons (Fsp3) is 0.130. The van der Waals surface area contributed by atoms with Gasteiger partial charge >= 0.3 is 0 Å². The fourth-order valence-electron chi connectivity index (χ4n) is 2.99. The van der Waals surface area contributed by atoms with Gasteiger partial charge in [-0.3, -0.25) is 14.0 Å². The number of pyridine rings is 1. The molecule has 0 aliphatic rings. The van der Waals surface area contributed by atoms with Crippen molar-refractivity contribution < 1.29 is 18.4 Å². The van der Waals surface area contributed by atoms with Crippen molar-refractivity contribution in [1.82, 2.24) is 19.9 Å². The summed E-state index contributed by atoms with van der Waals surface area (Å²) >= 11 is 1.10. The largest absolute Gasteiger partial charge is 0.348 e. The Morgan fingerprint density at radius 2 is 1.79 bits per heavy atom. The highest BCUT2D eigenvalue weighted by molar-refractivity contribution is 7.99. The Morgan fingerprint density at radius 3 is 2.55 bits per heavy atom. The lowest BCUT2D eigenvalue weighted by molar-refractivity contribution is -0.113. The van der Waals surface area contributed by atoms with E-state index in [-0.39, 0.29) is 17.3 Å². The minimum Gasteiger partial charge on any atom is -0.348 e. The third-order valence-corrected chi connectivity index (χ3v) is 5.69. The maximum absolute atomic E-state index is 13.3. The van der Waals surface area contributed by atoms with Crippen LogP contribution in [0.2, 0.25) is 0 Å². The molecule has 10 heteroatoms. The summed E-state index contributed by atoms with van der Waals surface area (Å²) in [7, 11) is 0. The third-order valence-electron chi connectivity index (χ3n) is 4.74. The Bertz CT molecular complexity index is 1320. The number of aryl methyl sites for hydroxylation is 1. The molecule has 0 fully saturated rings. The number of amides is 2. The van der Waals surface area contributed by atoms with Crippen LogP contribution in [-0.2, 0) is 11.3 Å². The second-order valence-electron chi connectivity index (χ2n) is 7.26. The minimum atomic E-state index is -1.04. The zero-order chi connectivity index (χ0) is 23.4. The van der Waals surface area contributed by atoms with E-state index in [0.717, 1.165) is 35.0 Å². The second kappa shape index (κ2) is 9.78. The zero-order valence-electron chi connectivity index (χ0n) is 17.5. The van der Waals surface area contributed by atoms with Crippen molar-refractivity contribution in [3.8, 4) is 0 Å². The molecular formula is C23H19F2N5O2S. The summed E-state index contributed by atoms with van der Waals surface area (Å²) in [5.41, 5.74) is 3.23. The van der Waals surface area contributed by atoms with Gasteiger partial charge in [0.15, 0.2) is 22.4 Å². The van der Waals surface area contributed by atoms with Gasteiger partial charge in [0.05, 0.1) is 11.3 Å². The van der Waals surface area contributed by atoms with Crippen LogP contribution in [0.25, 0.3) is 5.65 Å². The average Bonchev–Trinajstić information content (AvgIpc) is 3.22. The van der Waals surface area contributed by atoms with E-state index in [2.05, 4.69) is 20.8 Å². The molecule has 0 aliphatic carbocycles. The molecule has 2 N–H and O–H groups in total. The van der Waals surface area contributed by atoms with E-state index in [1.165, 1.54) is 6.07 Å². The lowest BCUT2D eigenvalue weighted by Gasteiger charge is -2.07. The van der Waals surface area contributed by atoms with Crippen molar-refractivity contribution in [2.45, 2.75) is 18.6 Å². The van der Waals surface area contributed by atoms with Crippen LogP contribution in [-0.4, -0.2) is 32.2 Å². The quantitative estimate of drug-likeness (QED) is 0.402. The minimum absolute atomic E-state index is 0.0381. The predicted molar refractivity (Wildman–Crippen MR) is 121 cm³/mol. The molecule has 2 amide bonds. The number of halogens is 2. The van der Waals surface area contributed by atoms with Crippen LogP contribution in [0.5, 0.6) is 0 Å². The summed E-state index contributed by atoms with van der Waals surface area (Å²) in [6.45, 7) is 2.39. The van der Waals surface area contributed by atoms with Crippen LogP contribution in [0.1, 0.15) is 21.5 Å². The van der Waals surface area contributed by atoms with Crippen molar-refractivity contribution in [2.75, 3.05) is 11.1 Å². The molecule has 0 atom stereocenters. The Balaban J connectivity index is 1.39. The van der Waals surface area contributed by atoms with E-state index in [1.54, 1.807) is 22.7 Å². The van der Waals surface area contributed by atoms with Gasteiger partial charge in [-0.25, -0.2) is 8.78 Å².